The van der Waals surface area contributed by atoms with Crippen molar-refractivity contribution < 1.29 is 4.79 Å². The first-order valence-corrected chi connectivity index (χ1v) is 7.05. The Kier molecular flexibility index (Phi) is 3.88. The van der Waals surface area contributed by atoms with E-state index in [4.69, 9.17) is 0 Å². The lowest BCUT2D eigenvalue weighted by Crippen LogP contribution is -2.38. The minimum Gasteiger partial charge on any atom is -0.334 e. The summed E-state index contributed by atoms with van der Waals surface area (Å²) in [7, 11) is 1.89. The number of nitrogens with one attached hydrogen (secondary N) is 1. The molecule has 0 spiro atoms. The van der Waals surface area contributed by atoms with Crippen LogP contribution < -0.4 is 5.32 Å². The smallest absolute Gasteiger partial charge is 0.249 e. The Hall–Kier alpha value is -1.13. The molecule has 1 aliphatic heterocycles. The molecule has 1 N–H and O–H groups in total. The van der Waals surface area contributed by atoms with E-state index in [9.17, 15) is 4.79 Å². The monoisotopic (exact) mass is 264 g/mol. The summed E-state index contributed by atoms with van der Waals surface area (Å²) in [5.41, 5.74) is 2.14. The predicted octanol–water partition coefficient (Wildman–Crippen LogP) is 2.50. The highest BCUT2D eigenvalue weighted by molar-refractivity contribution is 7.12. The number of carbonyl (C=O) groups is 1. The van der Waals surface area contributed by atoms with Gasteiger partial charge in [0.2, 0.25) is 5.91 Å². The molecule has 2 rings (SSSR count). The Labute approximate surface area is 112 Å². The van der Waals surface area contributed by atoms with E-state index >= 15 is 0 Å². The van der Waals surface area contributed by atoms with E-state index < -0.39 is 0 Å². The quantitative estimate of drug-likeness (QED) is 0.851. The van der Waals surface area contributed by atoms with E-state index in [2.05, 4.69) is 31.3 Å². The summed E-state index contributed by atoms with van der Waals surface area (Å²) < 4.78 is 0. The normalized spacial score (nSPS) is 16.1. The highest BCUT2D eigenvalue weighted by Gasteiger charge is 2.23. The van der Waals surface area contributed by atoms with Crippen LogP contribution in [-0.2, 0) is 4.79 Å². The average Bonchev–Trinajstić information content (AvgIpc) is 2.70. The number of amides is 1. The van der Waals surface area contributed by atoms with Crippen molar-refractivity contribution in [3.63, 3.8) is 0 Å². The first-order valence-electron chi connectivity index (χ1n) is 6.23. The van der Waals surface area contributed by atoms with Gasteiger partial charge in [-0.25, -0.2) is 0 Å². The summed E-state index contributed by atoms with van der Waals surface area (Å²) >= 11 is 1.76. The number of hydrogen-bond acceptors (Lipinski definition) is 3. The Balaban J connectivity index is 2.11. The molecule has 1 aliphatic rings. The second-order valence-electron chi connectivity index (χ2n) is 4.87. The van der Waals surface area contributed by atoms with Gasteiger partial charge in [-0.1, -0.05) is 0 Å². The van der Waals surface area contributed by atoms with Gasteiger partial charge < -0.3 is 10.2 Å². The van der Waals surface area contributed by atoms with Crippen molar-refractivity contribution >= 4 is 17.2 Å². The second-order valence-corrected chi connectivity index (χ2v) is 6.19. The fraction of sp³-hybridized carbons (Fsp3) is 0.500. The summed E-state index contributed by atoms with van der Waals surface area (Å²) in [5.74, 6) is 0.144. The Morgan fingerprint density at radius 1 is 1.44 bits per heavy atom. The van der Waals surface area contributed by atoms with Crippen LogP contribution in [0.1, 0.15) is 29.6 Å². The lowest BCUT2D eigenvalue weighted by Gasteiger charge is -2.28. The molecule has 1 aromatic heterocycles. The van der Waals surface area contributed by atoms with Crippen LogP contribution in [0.15, 0.2) is 23.3 Å². The van der Waals surface area contributed by atoms with E-state index in [1.807, 2.05) is 18.9 Å². The van der Waals surface area contributed by atoms with Crippen LogP contribution in [0.4, 0.5) is 0 Å². The fourth-order valence-electron chi connectivity index (χ4n) is 1.98. The summed E-state index contributed by atoms with van der Waals surface area (Å²) in [5, 5.41) is 3.17. The van der Waals surface area contributed by atoms with Crippen LogP contribution in [0.3, 0.4) is 0 Å². The molecule has 0 saturated carbocycles. The van der Waals surface area contributed by atoms with Gasteiger partial charge in [0.05, 0.1) is 6.04 Å². The molecule has 1 aromatic rings. The first-order chi connectivity index (χ1) is 8.50. The minimum absolute atomic E-state index is 0.139. The molecule has 18 heavy (non-hydrogen) atoms. The van der Waals surface area contributed by atoms with Gasteiger partial charge >= 0.3 is 0 Å². The molecule has 1 unspecified atom stereocenters. The van der Waals surface area contributed by atoms with Crippen molar-refractivity contribution in [2.75, 3.05) is 20.1 Å². The van der Waals surface area contributed by atoms with Crippen LogP contribution in [0.5, 0.6) is 0 Å². The summed E-state index contributed by atoms with van der Waals surface area (Å²) in [6.45, 7) is 7.83. The number of rotatable bonds is 3. The molecule has 3 nitrogen and oxygen atoms in total. The molecular formula is C14H20N2OS. The van der Waals surface area contributed by atoms with Gasteiger partial charge in [-0.15, -0.1) is 11.3 Å². The maximum absolute atomic E-state index is 12.3. The molecule has 0 radical (unpaired) electrons. The van der Waals surface area contributed by atoms with Crippen LogP contribution in [-0.4, -0.2) is 30.9 Å². The predicted molar refractivity (Wildman–Crippen MR) is 75.8 cm³/mol. The zero-order chi connectivity index (χ0) is 13.3. The average molecular weight is 264 g/mol. The largest absolute Gasteiger partial charge is 0.334 e. The number of carbonyl (C=O) groups excluding carboxylic acids is 1. The van der Waals surface area contributed by atoms with Crippen LogP contribution in [0.25, 0.3) is 0 Å². The molecule has 4 heteroatoms. The van der Waals surface area contributed by atoms with Crippen molar-refractivity contribution in [1.82, 2.24) is 10.2 Å². The van der Waals surface area contributed by atoms with Gasteiger partial charge in [0.15, 0.2) is 0 Å². The van der Waals surface area contributed by atoms with Gasteiger partial charge in [0.1, 0.15) is 0 Å². The van der Waals surface area contributed by atoms with Crippen molar-refractivity contribution in [3.05, 3.63) is 33.0 Å². The van der Waals surface area contributed by atoms with Crippen molar-refractivity contribution in [3.8, 4) is 0 Å². The van der Waals surface area contributed by atoms with E-state index in [0.29, 0.717) is 0 Å². The molecule has 1 fully saturated rings. The highest BCUT2D eigenvalue weighted by Crippen LogP contribution is 2.27. The number of hydrogen-bond donors (Lipinski definition) is 1. The van der Waals surface area contributed by atoms with Crippen molar-refractivity contribution in [2.24, 2.45) is 0 Å². The van der Waals surface area contributed by atoms with E-state index in [0.717, 1.165) is 18.7 Å². The molecule has 0 aromatic carbocycles. The lowest BCUT2D eigenvalue weighted by atomic mass is 10.0. The molecule has 2 heterocycles. The fourth-order valence-corrected chi connectivity index (χ4v) is 2.95. The number of thiophene rings is 1. The number of nitrogens with zero attached hydrogens (tertiary/aromatic N) is 1. The molecule has 1 saturated heterocycles. The van der Waals surface area contributed by atoms with Crippen LogP contribution in [0.2, 0.25) is 0 Å². The van der Waals surface area contributed by atoms with Gasteiger partial charge in [-0.05, 0) is 38.5 Å². The Morgan fingerprint density at radius 2 is 2.11 bits per heavy atom. The third kappa shape index (κ3) is 2.49. The molecular weight excluding hydrogens is 244 g/mol. The third-order valence-corrected chi connectivity index (χ3v) is 4.77. The van der Waals surface area contributed by atoms with E-state index in [-0.39, 0.29) is 11.9 Å². The lowest BCUT2D eigenvalue weighted by molar-refractivity contribution is -0.127. The SMILES string of the molecule is CC(C(=O)N(C)C(C)c1ccc(C)s1)=C1CNC1. The Bertz CT molecular complexity index is 484. The maximum atomic E-state index is 12.3. The minimum atomic E-state index is 0.139. The number of likely N-dealkylation sites (N-methyl/N-ethyl adjacent to an activating group) is 1. The van der Waals surface area contributed by atoms with Gasteiger partial charge in [0.25, 0.3) is 0 Å². The summed E-state index contributed by atoms with van der Waals surface area (Å²) in [6.07, 6.45) is 0. The molecule has 1 amide bonds. The molecule has 0 bridgehead atoms. The first kappa shape index (κ1) is 13.3. The van der Waals surface area contributed by atoms with Crippen molar-refractivity contribution in [2.45, 2.75) is 26.8 Å². The highest BCUT2D eigenvalue weighted by atomic mass is 32.1. The zero-order valence-electron chi connectivity index (χ0n) is 11.4. The Morgan fingerprint density at radius 3 is 2.56 bits per heavy atom. The summed E-state index contributed by atoms with van der Waals surface area (Å²) in [6, 6.07) is 4.36. The standard InChI is InChI=1S/C14H20N2OS/c1-9-5-6-13(18-9)11(3)16(4)14(17)10(2)12-7-15-8-12/h5-6,11,15H,7-8H2,1-4H3. The second kappa shape index (κ2) is 5.24. The van der Waals surface area contributed by atoms with Gasteiger partial charge in [0, 0.05) is 35.5 Å². The van der Waals surface area contributed by atoms with E-state index in [1.54, 1.807) is 11.3 Å². The van der Waals surface area contributed by atoms with Gasteiger partial charge in [-0.2, -0.15) is 0 Å². The third-order valence-electron chi connectivity index (χ3n) is 3.60. The topological polar surface area (TPSA) is 32.3 Å². The zero-order valence-corrected chi connectivity index (χ0v) is 12.2. The summed E-state index contributed by atoms with van der Waals surface area (Å²) in [4.78, 5) is 16.7. The number of aryl methyl sites for hydroxylation is 1. The van der Waals surface area contributed by atoms with Crippen molar-refractivity contribution in [1.29, 1.82) is 0 Å². The van der Waals surface area contributed by atoms with Crippen LogP contribution in [0, 0.1) is 6.92 Å². The molecule has 0 aliphatic carbocycles. The molecule has 1 atom stereocenters. The van der Waals surface area contributed by atoms with Gasteiger partial charge in [-0.3, -0.25) is 4.79 Å². The van der Waals surface area contributed by atoms with Crippen LogP contribution >= 0.6 is 11.3 Å². The maximum Gasteiger partial charge on any atom is 0.249 e. The van der Waals surface area contributed by atoms with E-state index in [1.165, 1.54) is 15.3 Å². The molecule has 98 valence electrons.